The Morgan fingerprint density at radius 2 is 2.38 bits per heavy atom. The Labute approximate surface area is 76.6 Å². The lowest BCUT2D eigenvalue weighted by Crippen LogP contribution is -2.46. The molecular weight excluding hydrogens is 172 g/mol. The summed E-state index contributed by atoms with van der Waals surface area (Å²) in [6.07, 6.45) is 0.515. The average molecular weight is 186 g/mol. The molecule has 3 atom stereocenters. The summed E-state index contributed by atoms with van der Waals surface area (Å²) in [5.74, 6) is -0.770. The molecule has 0 bridgehead atoms. The molecule has 1 amide bonds. The van der Waals surface area contributed by atoms with Crippen molar-refractivity contribution in [1.82, 2.24) is 5.32 Å². The molecule has 1 aliphatic heterocycles. The van der Waals surface area contributed by atoms with Crippen LogP contribution in [-0.4, -0.2) is 30.1 Å². The van der Waals surface area contributed by atoms with Crippen LogP contribution in [-0.2, 0) is 14.3 Å². The van der Waals surface area contributed by atoms with Crippen LogP contribution < -0.4 is 11.1 Å². The summed E-state index contributed by atoms with van der Waals surface area (Å²) in [4.78, 5) is 21.8. The zero-order valence-electron chi connectivity index (χ0n) is 7.74. The van der Waals surface area contributed by atoms with Crippen LogP contribution in [0.3, 0.4) is 0 Å². The highest BCUT2D eigenvalue weighted by Crippen LogP contribution is 2.14. The molecule has 0 aliphatic carbocycles. The predicted molar refractivity (Wildman–Crippen MR) is 45.8 cm³/mol. The van der Waals surface area contributed by atoms with Crippen molar-refractivity contribution in [1.29, 1.82) is 0 Å². The van der Waals surface area contributed by atoms with Crippen molar-refractivity contribution in [3.8, 4) is 0 Å². The standard InChI is InChI=1S/C8H14N2O3/c1-4-3-6(8(12)13-4)10-5(2)7(9)11/h4-6,10H,3H2,1-2H3,(H2,9,11)/t4?,5-,6?/m0/s1. The molecule has 0 saturated carbocycles. The van der Waals surface area contributed by atoms with E-state index in [1.165, 1.54) is 0 Å². The number of ether oxygens (including phenoxy) is 1. The minimum absolute atomic E-state index is 0.0786. The zero-order valence-corrected chi connectivity index (χ0v) is 7.74. The van der Waals surface area contributed by atoms with E-state index in [9.17, 15) is 9.59 Å². The van der Waals surface area contributed by atoms with Gasteiger partial charge in [-0.3, -0.25) is 14.9 Å². The third kappa shape index (κ3) is 2.42. The van der Waals surface area contributed by atoms with Gasteiger partial charge in [-0.05, 0) is 13.8 Å². The van der Waals surface area contributed by atoms with Gasteiger partial charge in [-0.2, -0.15) is 0 Å². The topological polar surface area (TPSA) is 81.4 Å². The van der Waals surface area contributed by atoms with E-state index in [0.29, 0.717) is 6.42 Å². The fraction of sp³-hybridized carbons (Fsp3) is 0.750. The summed E-state index contributed by atoms with van der Waals surface area (Å²) in [5, 5.41) is 2.81. The van der Waals surface area contributed by atoms with Crippen LogP contribution in [0.15, 0.2) is 0 Å². The van der Waals surface area contributed by atoms with E-state index >= 15 is 0 Å². The monoisotopic (exact) mass is 186 g/mol. The van der Waals surface area contributed by atoms with Crippen molar-refractivity contribution in [2.24, 2.45) is 5.73 Å². The SMILES string of the molecule is CC1CC(N[C@@H](C)C(N)=O)C(=O)O1. The van der Waals surface area contributed by atoms with Crippen molar-refractivity contribution in [2.75, 3.05) is 0 Å². The van der Waals surface area contributed by atoms with E-state index in [1.54, 1.807) is 6.92 Å². The van der Waals surface area contributed by atoms with Crippen LogP contribution in [0.5, 0.6) is 0 Å². The number of esters is 1. The lowest BCUT2D eigenvalue weighted by atomic mass is 10.1. The second-order valence-electron chi connectivity index (χ2n) is 3.33. The number of nitrogens with one attached hydrogen (secondary N) is 1. The van der Waals surface area contributed by atoms with E-state index in [-0.39, 0.29) is 12.1 Å². The first-order valence-corrected chi connectivity index (χ1v) is 4.26. The lowest BCUT2D eigenvalue weighted by Gasteiger charge is -2.12. The van der Waals surface area contributed by atoms with E-state index < -0.39 is 18.0 Å². The van der Waals surface area contributed by atoms with Crippen LogP contribution >= 0.6 is 0 Å². The van der Waals surface area contributed by atoms with Gasteiger partial charge >= 0.3 is 5.97 Å². The summed E-state index contributed by atoms with van der Waals surface area (Å²) in [6.45, 7) is 3.44. The van der Waals surface area contributed by atoms with Crippen LogP contribution in [0.25, 0.3) is 0 Å². The molecule has 0 spiro atoms. The van der Waals surface area contributed by atoms with E-state index in [2.05, 4.69) is 5.32 Å². The van der Waals surface area contributed by atoms with Crippen LogP contribution in [0.1, 0.15) is 20.3 Å². The second kappa shape index (κ2) is 3.74. The summed E-state index contributed by atoms with van der Waals surface area (Å²) in [5.41, 5.74) is 5.04. The maximum atomic E-state index is 11.1. The molecule has 1 heterocycles. The average Bonchev–Trinajstić information content (AvgIpc) is 2.30. The number of hydrogen-bond donors (Lipinski definition) is 2. The Morgan fingerprint density at radius 3 is 2.77 bits per heavy atom. The van der Waals surface area contributed by atoms with Gasteiger partial charge in [-0.15, -0.1) is 0 Å². The van der Waals surface area contributed by atoms with Gasteiger partial charge < -0.3 is 10.5 Å². The highest BCUT2D eigenvalue weighted by atomic mass is 16.6. The molecule has 0 aromatic rings. The Kier molecular flexibility index (Phi) is 2.87. The van der Waals surface area contributed by atoms with E-state index in [4.69, 9.17) is 10.5 Å². The molecule has 0 aromatic carbocycles. The number of amides is 1. The number of hydrogen-bond acceptors (Lipinski definition) is 4. The van der Waals surface area contributed by atoms with Gasteiger partial charge in [0.2, 0.25) is 5.91 Å². The van der Waals surface area contributed by atoms with Gasteiger partial charge in [0.25, 0.3) is 0 Å². The number of carbonyl (C=O) groups is 2. The predicted octanol–water partition coefficient (Wildman–Crippen LogP) is -0.846. The van der Waals surface area contributed by atoms with Crippen molar-refractivity contribution in [3.05, 3.63) is 0 Å². The summed E-state index contributed by atoms with van der Waals surface area (Å²) >= 11 is 0. The molecule has 0 radical (unpaired) electrons. The summed E-state index contributed by atoms with van der Waals surface area (Å²) < 4.78 is 4.90. The number of primary amides is 1. The van der Waals surface area contributed by atoms with Crippen LogP contribution in [0, 0.1) is 0 Å². The van der Waals surface area contributed by atoms with Gasteiger partial charge in [0, 0.05) is 6.42 Å². The van der Waals surface area contributed by atoms with Crippen molar-refractivity contribution >= 4 is 11.9 Å². The fourth-order valence-corrected chi connectivity index (χ4v) is 1.28. The summed E-state index contributed by atoms with van der Waals surface area (Å²) in [7, 11) is 0. The fourth-order valence-electron chi connectivity index (χ4n) is 1.28. The normalized spacial score (nSPS) is 29.8. The highest BCUT2D eigenvalue weighted by molar-refractivity contribution is 5.82. The van der Waals surface area contributed by atoms with Gasteiger partial charge in [-0.1, -0.05) is 0 Å². The minimum Gasteiger partial charge on any atom is -0.461 e. The molecule has 1 fully saturated rings. The molecule has 74 valence electrons. The number of nitrogens with two attached hydrogens (primary N) is 1. The van der Waals surface area contributed by atoms with Gasteiger partial charge in [0.05, 0.1) is 6.04 Å². The maximum Gasteiger partial charge on any atom is 0.323 e. The third-order valence-electron chi connectivity index (χ3n) is 2.05. The Morgan fingerprint density at radius 1 is 1.77 bits per heavy atom. The Balaban J connectivity index is 2.46. The number of rotatable bonds is 3. The first-order chi connectivity index (χ1) is 6.00. The smallest absolute Gasteiger partial charge is 0.323 e. The number of cyclic esters (lactones) is 1. The second-order valence-corrected chi connectivity index (χ2v) is 3.33. The van der Waals surface area contributed by atoms with Gasteiger partial charge in [0.1, 0.15) is 12.1 Å². The zero-order chi connectivity index (χ0) is 10.0. The molecule has 2 unspecified atom stereocenters. The van der Waals surface area contributed by atoms with E-state index in [1.807, 2.05) is 6.92 Å². The van der Waals surface area contributed by atoms with E-state index in [0.717, 1.165) is 0 Å². The summed E-state index contributed by atoms with van der Waals surface area (Å²) in [6, 6.07) is -0.889. The molecule has 1 saturated heterocycles. The molecule has 0 aromatic heterocycles. The van der Waals surface area contributed by atoms with Crippen LogP contribution in [0.4, 0.5) is 0 Å². The molecule has 13 heavy (non-hydrogen) atoms. The first-order valence-electron chi connectivity index (χ1n) is 4.26. The number of carbonyl (C=O) groups excluding carboxylic acids is 2. The van der Waals surface area contributed by atoms with Crippen molar-refractivity contribution < 1.29 is 14.3 Å². The van der Waals surface area contributed by atoms with Crippen molar-refractivity contribution in [2.45, 2.75) is 38.5 Å². The van der Waals surface area contributed by atoms with Crippen LogP contribution in [0.2, 0.25) is 0 Å². The molecular formula is C8H14N2O3. The quantitative estimate of drug-likeness (QED) is 0.563. The molecule has 1 aliphatic rings. The van der Waals surface area contributed by atoms with Gasteiger partial charge in [0.15, 0.2) is 0 Å². The van der Waals surface area contributed by atoms with Crippen molar-refractivity contribution in [3.63, 3.8) is 0 Å². The first kappa shape index (κ1) is 9.98. The molecule has 3 N–H and O–H groups in total. The largest absolute Gasteiger partial charge is 0.461 e. The molecule has 1 rings (SSSR count). The molecule has 5 heteroatoms. The van der Waals surface area contributed by atoms with Gasteiger partial charge in [-0.25, -0.2) is 0 Å². The Bertz CT molecular complexity index is 229. The lowest BCUT2D eigenvalue weighted by molar-refractivity contribution is -0.142. The highest BCUT2D eigenvalue weighted by Gasteiger charge is 2.33. The third-order valence-corrected chi connectivity index (χ3v) is 2.05. The maximum absolute atomic E-state index is 11.1. The molecule has 5 nitrogen and oxygen atoms in total. The Hall–Kier alpha value is -1.10. The minimum atomic E-state index is -0.497.